The van der Waals surface area contributed by atoms with E-state index >= 15 is 0 Å². The van der Waals surface area contributed by atoms with Crippen molar-refractivity contribution >= 4 is 11.6 Å². The average Bonchev–Trinajstić information content (AvgIpc) is 2.62. The van der Waals surface area contributed by atoms with Gasteiger partial charge in [-0.1, -0.05) is 36.7 Å². The summed E-state index contributed by atoms with van der Waals surface area (Å²) in [5.41, 5.74) is 2.12. The van der Waals surface area contributed by atoms with Crippen LogP contribution in [0, 0.1) is 0 Å². The van der Waals surface area contributed by atoms with Crippen LogP contribution >= 0.6 is 11.6 Å². The molecule has 0 radical (unpaired) electrons. The third-order valence-electron chi connectivity index (χ3n) is 3.84. The molecule has 0 saturated heterocycles. The molecule has 0 bridgehead atoms. The molecule has 1 atom stereocenters. The predicted molar refractivity (Wildman–Crippen MR) is 96.8 cm³/mol. The van der Waals surface area contributed by atoms with E-state index in [4.69, 9.17) is 21.1 Å². The Morgan fingerprint density at radius 1 is 1.08 bits per heavy atom. The maximum absolute atomic E-state index is 9.23. The van der Waals surface area contributed by atoms with Gasteiger partial charge in [0.1, 0.15) is 6.61 Å². The fraction of sp³-hybridized carbons (Fsp3) is 0.368. The Balaban J connectivity index is 1.99. The van der Waals surface area contributed by atoms with Gasteiger partial charge >= 0.3 is 0 Å². The van der Waals surface area contributed by atoms with Crippen molar-refractivity contribution in [1.29, 1.82) is 0 Å². The molecule has 0 amide bonds. The Kier molecular flexibility index (Phi) is 7.37. The van der Waals surface area contributed by atoms with Crippen molar-refractivity contribution in [1.82, 2.24) is 5.32 Å². The summed E-state index contributed by atoms with van der Waals surface area (Å²) in [6.45, 7) is 3.30. The van der Waals surface area contributed by atoms with E-state index in [1.165, 1.54) is 0 Å². The fourth-order valence-corrected chi connectivity index (χ4v) is 2.41. The normalized spacial score (nSPS) is 12.0. The van der Waals surface area contributed by atoms with E-state index in [0.29, 0.717) is 29.7 Å². The van der Waals surface area contributed by atoms with E-state index in [-0.39, 0.29) is 12.6 Å². The van der Waals surface area contributed by atoms with Gasteiger partial charge in [-0.15, -0.1) is 0 Å². The lowest BCUT2D eigenvalue weighted by atomic mass is 10.1. The van der Waals surface area contributed by atoms with Crippen molar-refractivity contribution < 1.29 is 14.6 Å². The van der Waals surface area contributed by atoms with Gasteiger partial charge in [0, 0.05) is 17.6 Å². The highest BCUT2D eigenvalue weighted by atomic mass is 35.5. The van der Waals surface area contributed by atoms with Crippen molar-refractivity contribution in [3.63, 3.8) is 0 Å². The summed E-state index contributed by atoms with van der Waals surface area (Å²) >= 11 is 5.88. The summed E-state index contributed by atoms with van der Waals surface area (Å²) in [6.07, 6.45) is 0.885. The number of aliphatic hydroxyl groups is 1. The van der Waals surface area contributed by atoms with Gasteiger partial charge in [-0.3, -0.25) is 0 Å². The van der Waals surface area contributed by atoms with Crippen LogP contribution in [-0.4, -0.2) is 24.9 Å². The topological polar surface area (TPSA) is 50.7 Å². The van der Waals surface area contributed by atoms with Crippen LogP contribution in [-0.2, 0) is 13.2 Å². The molecule has 0 saturated carbocycles. The number of benzene rings is 2. The highest BCUT2D eigenvalue weighted by Crippen LogP contribution is 2.29. The lowest BCUT2D eigenvalue weighted by Crippen LogP contribution is -2.31. The largest absolute Gasteiger partial charge is 0.493 e. The summed E-state index contributed by atoms with van der Waals surface area (Å²) in [5.74, 6) is 1.39. The minimum Gasteiger partial charge on any atom is -0.493 e. The quantitative estimate of drug-likeness (QED) is 0.723. The standard InChI is InChI=1S/C19H24ClNO3/c1-3-17(12-22)21-11-15-6-9-18(19(10-15)23-2)24-13-14-4-7-16(20)8-5-14/h4-10,17,21-22H,3,11-13H2,1-2H3. The second kappa shape index (κ2) is 9.52. The highest BCUT2D eigenvalue weighted by Gasteiger charge is 2.08. The third-order valence-corrected chi connectivity index (χ3v) is 4.10. The van der Waals surface area contributed by atoms with E-state index < -0.39 is 0 Å². The number of nitrogens with one attached hydrogen (secondary N) is 1. The van der Waals surface area contributed by atoms with Crippen LogP contribution in [0.3, 0.4) is 0 Å². The molecule has 1 unspecified atom stereocenters. The summed E-state index contributed by atoms with van der Waals surface area (Å²) in [5, 5.41) is 13.2. The van der Waals surface area contributed by atoms with Gasteiger partial charge < -0.3 is 19.9 Å². The number of halogens is 1. The van der Waals surface area contributed by atoms with Gasteiger partial charge in [-0.25, -0.2) is 0 Å². The van der Waals surface area contributed by atoms with Crippen molar-refractivity contribution in [2.45, 2.75) is 32.5 Å². The summed E-state index contributed by atoms with van der Waals surface area (Å²) in [4.78, 5) is 0. The van der Waals surface area contributed by atoms with E-state index in [9.17, 15) is 5.11 Å². The zero-order valence-corrected chi connectivity index (χ0v) is 14.8. The minimum atomic E-state index is 0.108. The first-order valence-corrected chi connectivity index (χ1v) is 8.42. The Hall–Kier alpha value is -1.75. The van der Waals surface area contributed by atoms with E-state index in [1.807, 2.05) is 49.4 Å². The molecule has 0 aliphatic heterocycles. The molecule has 2 rings (SSSR count). The Bertz CT molecular complexity index is 627. The molecule has 130 valence electrons. The third kappa shape index (κ3) is 5.41. The summed E-state index contributed by atoms with van der Waals surface area (Å²) in [7, 11) is 1.63. The van der Waals surface area contributed by atoms with Gasteiger partial charge in [0.2, 0.25) is 0 Å². The van der Waals surface area contributed by atoms with Gasteiger partial charge in [-0.2, -0.15) is 0 Å². The van der Waals surface area contributed by atoms with Crippen LogP contribution in [0.5, 0.6) is 11.5 Å². The van der Waals surface area contributed by atoms with Crippen molar-refractivity contribution in [3.05, 3.63) is 58.6 Å². The van der Waals surface area contributed by atoms with E-state index in [1.54, 1.807) is 7.11 Å². The molecular weight excluding hydrogens is 326 g/mol. The lowest BCUT2D eigenvalue weighted by Gasteiger charge is -2.16. The molecule has 2 aromatic rings. The maximum Gasteiger partial charge on any atom is 0.161 e. The fourth-order valence-electron chi connectivity index (χ4n) is 2.28. The zero-order chi connectivity index (χ0) is 17.4. The van der Waals surface area contributed by atoms with Gasteiger partial charge in [0.15, 0.2) is 11.5 Å². The molecule has 0 heterocycles. The van der Waals surface area contributed by atoms with Crippen molar-refractivity contribution in [2.75, 3.05) is 13.7 Å². The first-order valence-electron chi connectivity index (χ1n) is 8.04. The van der Waals surface area contributed by atoms with Crippen LogP contribution in [0.2, 0.25) is 5.02 Å². The predicted octanol–water partition coefficient (Wildman–Crippen LogP) is 3.79. The molecule has 0 spiro atoms. The van der Waals surface area contributed by atoms with E-state index in [0.717, 1.165) is 17.5 Å². The number of rotatable bonds is 9. The van der Waals surface area contributed by atoms with Gasteiger partial charge in [-0.05, 0) is 41.8 Å². The van der Waals surface area contributed by atoms with Crippen LogP contribution in [0.15, 0.2) is 42.5 Å². The lowest BCUT2D eigenvalue weighted by molar-refractivity contribution is 0.238. The van der Waals surface area contributed by atoms with Crippen LogP contribution in [0.4, 0.5) is 0 Å². The molecule has 24 heavy (non-hydrogen) atoms. The monoisotopic (exact) mass is 349 g/mol. The van der Waals surface area contributed by atoms with Crippen molar-refractivity contribution in [3.8, 4) is 11.5 Å². The van der Waals surface area contributed by atoms with Gasteiger partial charge in [0.05, 0.1) is 13.7 Å². The van der Waals surface area contributed by atoms with Crippen LogP contribution in [0.1, 0.15) is 24.5 Å². The Labute approximate surface area is 148 Å². The summed E-state index contributed by atoms with van der Waals surface area (Å²) in [6, 6.07) is 13.5. The molecule has 2 N–H and O–H groups in total. The molecule has 4 nitrogen and oxygen atoms in total. The number of hydrogen-bond donors (Lipinski definition) is 2. The van der Waals surface area contributed by atoms with E-state index in [2.05, 4.69) is 5.32 Å². The van der Waals surface area contributed by atoms with Crippen LogP contribution < -0.4 is 14.8 Å². The number of methoxy groups -OCH3 is 1. The van der Waals surface area contributed by atoms with Gasteiger partial charge in [0.25, 0.3) is 0 Å². The minimum absolute atomic E-state index is 0.108. The Morgan fingerprint density at radius 2 is 1.79 bits per heavy atom. The second-order valence-electron chi connectivity index (χ2n) is 5.57. The molecule has 0 fully saturated rings. The molecule has 2 aromatic carbocycles. The second-order valence-corrected chi connectivity index (χ2v) is 6.01. The number of hydrogen-bond acceptors (Lipinski definition) is 4. The highest BCUT2D eigenvalue weighted by molar-refractivity contribution is 6.30. The first kappa shape index (κ1) is 18.6. The zero-order valence-electron chi connectivity index (χ0n) is 14.1. The SMILES string of the molecule is CCC(CO)NCc1ccc(OCc2ccc(Cl)cc2)c(OC)c1. The smallest absolute Gasteiger partial charge is 0.161 e. The van der Waals surface area contributed by atoms with Crippen LogP contribution in [0.25, 0.3) is 0 Å². The molecule has 0 aromatic heterocycles. The maximum atomic E-state index is 9.23. The summed E-state index contributed by atoms with van der Waals surface area (Å²) < 4.78 is 11.3. The Morgan fingerprint density at radius 3 is 2.42 bits per heavy atom. The molecule has 0 aliphatic rings. The van der Waals surface area contributed by atoms with Crippen molar-refractivity contribution in [2.24, 2.45) is 0 Å². The number of ether oxygens (including phenoxy) is 2. The first-order chi connectivity index (χ1) is 11.7. The number of aliphatic hydroxyl groups excluding tert-OH is 1. The molecular formula is C19H24ClNO3. The average molecular weight is 350 g/mol. The molecule has 5 heteroatoms. The molecule has 0 aliphatic carbocycles.